The van der Waals surface area contributed by atoms with Crippen LogP contribution in [0.3, 0.4) is 0 Å². The number of hydrogen-bond acceptors (Lipinski definition) is 10. The Morgan fingerprint density at radius 1 is 1.21 bits per heavy atom. The summed E-state index contributed by atoms with van der Waals surface area (Å²) in [5.41, 5.74) is 7.42. The Balaban J connectivity index is 1.98. The highest BCUT2D eigenvalue weighted by molar-refractivity contribution is 7.98. The minimum atomic E-state index is -0.559. The second kappa shape index (κ2) is 8.57. The Labute approximate surface area is 169 Å². The number of nitrogens with two attached hydrogens (primary N) is 1. The fourth-order valence-electron chi connectivity index (χ4n) is 2.61. The molecule has 0 aliphatic rings. The van der Waals surface area contributed by atoms with E-state index in [2.05, 4.69) is 15.1 Å². The molecule has 9 nitrogen and oxygen atoms in total. The van der Waals surface area contributed by atoms with Gasteiger partial charge in [-0.15, -0.1) is 23.1 Å². The molecule has 0 saturated carbocycles. The SMILES string of the molecule is CCOC(=O)c1sc(N)c(C(=O)OCC)c1CSc1ncnc2c1cnn2C. The Kier molecular flexibility index (Phi) is 6.15. The monoisotopic (exact) mass is 421 g/mol. The molecule has 0 aliphatic carbocycles. The number of ether oxygens (including phenoxy) is 2. The van der Waals surface area contributed by atoms with Crippen molar-refractivity contribution in [3.63, 3.8) is 0 Å². The van der Waals surface area contributed by atoms with Crippen LogP contribution in [-0.4, -0.2) is 44.9 Å². The number of carbonyl (C=O) groups is 2. The molecule has 28 heavy (non-hydrogen) atoms. The number of thioether (sulfide) groups is 1. The van der Waals surface area contributed by atoms with Crippen molar-refractivity contribution >= 4 is 51.1 Å². The molecule has 3 aromatic heterocycles. The van der Waals surface area contributed by atoms with Crippen LogP contribution in [0, 0.1) is 0 Å². The van der Waals surface area contributed by atoms with Gasteiger partial charge in [0, 0.05) is 18.4 Å². The topological polar surface area (TPSA) is 122 Å². The largest absolute Gasteiger partial charge is 0.462 e. The quantitative estimate of drug-likeness (QED) is 0.348. The van der Waals surface area contributed by atoms with Crippen molar-refractivity contribution in [3.8, 4) is 0 Å². The summed E-state index contributed by atoms with van der Waals surface area (Å²) in [5, 5.41) is 5.89. The normalized spacial score (nSPS) is 11.0. The molecule has 0 radical (unpaired) electrons. The molecule has 0 saturated heterocycles. The summed E-state index contributed by atoms with van der Waals surface area (Å²) in [6, 6.07) is 0. The van der Waals surface area contributed by atoms with Crippen molar-refractivity contribution in [3.05, 3.63) is 28.5 Å². The molecule has 2 N–H and O–H groups in total. The number of nitrogens with zero attached hydrogens (tertiary/aromatic N) is 4. The maximum Gasteiger partial charge on any atom is 0.348 e. The van der Waals surface area contributed by atoms with E-state index >= 15 is 0 Å². The van der Waals surface area contributed by atoms with E-state index in [4.69, 9.17) is 15.2 Å². The van der Waals surface area contributed by atoms with E-state index in [1.165, 1.54) is 18.1 Å². The van der Waals surface area contributed by atoms with E-state index in [1.807, 2.05) is 0 Å². The van der Waals surface area contributed by atoms with Gasteiger partial charge in [0.2, 0.25) is 0 Å². The Morgan fingerprint density at radius 2 is 1.93 bits per heavy atom. The number of anilines is 1. The van der Waals surface area contributed by atoms with Crippen LogP contribution in [0.15, 0.2) is 17.6 Å². The van der Waals surface area contributed by atoms with Gasteiger partial charge >= 0.3 is 11.9 Å². The number of hydrogen-bond donors (Lipinski definition) is 1. The van der Waals surface area contributed by atoms with E-state index in [1.54, 1.807) is 31.8 Å². The predicted molar refractivity (Wildman–Crippen MR) is 107 cm³/mol. The fourth-order valence-corrected chi connectivity index (χ4v) is 4.66. The number of thiophene rings is 1. The summed E-state index contributed by atoms with van der Waals surface area (Å²) >= 11 is 2.39. The molecule has 3 rings (SSSR count). The molecule has 0 unspecified atom stereocenters. The summed E-state index contributed by atoms with van der Waals surface area (Å²) in [4.78, 5) is 33.6. The minimum absolute atomic E-state index is 0.206. The first-order chi connectivity index (χ1) is 13.5. The Morgan fingerprint density at radius 3 is 2.64 bits per heavy atom. The highest BCUT2D eigenvalue weighted by atomic mass is 32.2. The van der Waals surface area contributed by atoms with E-state index in [0.29, 0.717) is 21.1 Å². The van der Waals surface area contributed by atoms with E-state index in [9.17, 15) is 9.59 Å². The van der Waals surface area contributed by atoms with Gasteiger partial charge in [0.05, 0.1) is 30.4 Å². The second-order valence-electron chi connectivity index (χ2n) is 5.56. The number of aryl methyl sites for hydroxylation is 1. The summed E-state index contributed by atoms with van der Waals surface area (Å²) in [6.07, 6.45) is 3.13. The molecule has 3 heterocycles. The lowest BCUT2D eigenvalue weighted by atomic mass is 10.1. The predicted octanol–water partition coefficient (Wildman–Crippen LogP) is 2.65. The smallest absolute Gasteiger partial charge is 0.348 e. The van der Waals surface area contributed by atoms with E-state index in [0.717, 1.165) is 16.7 Å². The van der Waals surface area contributed by atoms with Crippen molar-refractivity contribution < 1.29 is 19.1 Å². The molecule has 148 valence electrons. The lowest BCUT2D eigenvalue weighted by molar-refractivity contribution is 0.0527. The maximum atomic E-state index is 12.4. The number of fused-ring (bicyclic) bond motifs is 1. The number of carbonyl (C=O) groups excluding carboxylic acids is 2. The third kappa shape index (κ3) is 3.80. The van der Waals surface area contributed by atoms with Crippen molar-refractivity contribution in [1.82, 2.24) is 19.7 Å². The second-order valence-corrected chi connectivity index (χ2v) is 7.58. The van der Waals surface area contributed by atoms with Crippen molar-refractivity contribution in [2.45, 2.75) is 24.6 Å². The zero-order chi connectivity index (χ0) is 20.3. The molecule has 0 bridgehead atoms. The van der Waals surface area contributed by atoms with Crippen LogP contribution >= 0.6 is 23.1 Å². The third-order valence-electron chi connectivity index (χ3n) is 3.82. The zero-order valence-electron chi connectivity index (χ0n) is 15.6. The van der Waals surface area contributed by atoms with Gasteiger partial charge in [0.1, 0.15) is 21.2 Å². The highest BCUT2D eigenvalue weighted by Crippen LogP contribution is 2.37. The zero-order valence-corrected chi connectivity index (χ0v) is 17.2. The standard InChI is InChI=1S/C17H19N5O4S2/c1-4-25-16(23)11-10(12(28-13(11)18)17(24)26-5-2)7-27-15-9-6-21-22(3)14(9)19-8-20-15/h6,8H,4-5,7,18H2,1-3H3. The van der Waals surface area contributed by atoms with Crippen LogP contribution in [0.5, 0.6) is 0 Å². The average molecular weight is 422 g/mol. The van der Waals surface area contributed by atoms with Crippen molar-refractivity contribution in [2.75, 3.05) is 18.9 Å². The molecule has 3 aromatic rings. The molecule has 0 aromatic carbocycles. The van der Waals surface area contributed by atoms with Crippen LogP contribution in [-0.2, 0) is 22.3 Å². The minimum Gasteiger partial charge on any atom is -0.462 e. The fraction of sp³-hybridized carbons (Fsp3) is 0.353. The molecule has 0 fully saturated rings. The summed E-state index contributed by atoms with van der Waals surface area (Å²) in [6.45, 7) is 3.86. The molecule has 0 atom stereocenters. The Hall–Kier alpha value is -2.66. The van der Waals surface area contributed by atoms with Gasteiger partial charge in [-0.1, -0.05) is 0 Å². The molecule has 0 aliphatic heterocycles. The van der Waals surface area contributed by atoms with Crippen LogP contribution in [0.1, 0.15) is 39.4 Å². The van der Waals surface area contributed by atoms with Gasteiger partial charge in [-0.2, -0.15) is 5.10 Å². The molecule has 0 spiro atoms. The van der Waals surface area contributed by atoms with Crippen LogP contribution in [0.4, 0.5) is 5.00 Å². The molecule has 11 heteroatoms. The van der Waals surface area contributed by atoms with Crippen molar-refractivity contribution in [1.29, 1.82) is 0 Å². The van der Waals surface area contributed by atoms with Gasteiger partial charge in [0.25, 0.3) is 0 Å². The molecular formula is C17H19N5O4S2. The lowest BCUT2D eigenvalue weighted by Crippen LogP contribution is -2.11. The first-order valence-corrected chi connectivity index (χ1v) is 10.3. The lowest BCUT2D eigenvalue weighted by Gasteiger charge is -2.08. The molecular weight excluding hydrogens is 402 g/mol. The van der Waals surface area contributed by atoms with Gasteiger partial charge < -0.3 is 15.2 Å². The van der Waals surface area contributed by atoms with Crippen LogP contribution in [0.2, 0.25) is 0 Å². The van der Waals surface area contributed by atoms with Crippen LogP contribution < -0.4 is 5.73 Å². The first-order valence-electron chi connectivity index (χ1n) is 8.48. The number of nitrogen functional groups attached to an aromatic ring is 1. The summed E-state index contributed by atoms with van der Waals surface area (Å²) < 4.78 is 11.9. The van der Waals surface area contributed by atoms with E-state index in [-0.39, 0.29) is 29.5 Å². The average Bonchev–Trinajstić information content (AvgIpc) is 3.21. The van der Waals surface area contributed by atoms with Gasteiger partial charge in [0.15, 0.2) is 5.65 Å². The summed E-state index contributed by atoms with van der Waals surface area (Å²) in [7, 11) is 1.79. The van der Waals surface area contributed by atoms with Crippen molar-refractivity contribution in [2.24, 2.45) is 7.05 Å². The van der Waals surface area contributed by atoms with E-state index < -0.39 is 11.9 Å². The van der Waals surface area contributed by atoms with Gasteiger partial charge in [-0.05, 0) is 13.8 Å². The van der Waals surface area contributed by atoms with Gasteiger partial charge in [-0.3, -0.25) is 4.68 Å². The maximum absolute atomic E-state index is 12.4. The number of esters is 2. The highest BCUT2D eigenvalue weighted by Gasteiger charge is 2.28. The number of rotatable bonds is 7. The first kappa shape index (κ1) is 20.1. The molecule has 0 amide bonds. The Bertz CT molecular complexity index is 1030. The van der Waals surface area contributed by atoms with Crippen LogP contribution in [0.25, 0.3) is 11.0 Å². The number of aromatic nitrogens is 4. The summed E-state index contributed by atoms with van der Waals surface area (Å²) in [5.74, 6) is -0.784. The van der Waals surface area contributed by atoms with Gasteiger partial charge in [-0.25, -0.2) is 19.6 Å². The third-order valence-corrected chi connectivity index (χ3v) is 5.89.